The van der Waals surface area contributed by atoms with Crippen molar-refractivity contribution in [1.82, 2.24) is 5.32 Å². The number of primary amides is 1. The Bertz CT molecular complexity index is 800. The average molecular weight is 336 g/mol. The van der Waals surface area contributed by atoms with E-state index < -0.39 is 11.9 Å². The topological polar surface area (TPSA) is 87.8 Å². The Morgan fingerprint density at radius 1 is 1.12 bits per heavy atom. The summed E-state index contributed by atoms with van der Waals surface area (Å²) in [5.41, 5.74) is 8.58. The van der Waals surface area contributed by atoms with Gasteiger partial charge in [-0.2, -0.15) is 5.10 Å². The van der Waals surface area contributed by atoms with Crippen molar-refractivity contribution in [2.75, 3.05) is 11.6 Å². The van der Waals surface area contributed by atoms with E-state index in [4.69, 9.17) is 5.73 Å². The standard InChI is InChI=1S/C19H20N4O2/c1-13-11-12-23(22-13)16-9-7-15(8-10-16)19(25)21-17(18(20)24)14-5-3-2-4-6-14/h2-10,17H,11-12H2,1H3,(H2,20,24)(H,21,25)/t17-/m0/s1. The number of benzene rings is 2. The summed E-state index contributed by atoms with van der Waals surface area (Å²) in [6.45, 7) is 2.84. The highest BCUT2D eigenvalue weighted by Gasteiger charge is 2.21. The van der Waals surface area contributed by atoms with E-state index in [-0.39, 0.29) is 5.91 Å². The Kier molecular flexibility index (Phi) is 4.79. The molecule has 2 aromatic rings. The Labute approximate surface area is 146 Å². The molecule has 0 spiro atoms. The lowest BCUT2D eigenvalue weighted by molar-refractivity contribution is -0.120. The molecule has 0 aliphatic carbocycles. The summed E-state index contributed by atoms with van der Waals surface area (Å²) >= 11 is 0. The quantitative estimate of drug-likeness (QED) is 0.877. The van der Waals surface area contributed by atoms with Crippen molar-refractivity contribution in [1.29, 1.82) is 0 Å². The van der Waals surface area contributed by atoms with Crippen LogP contribution in [0.4, 0.5) is 5.69 Å². The SMILES string of the molecule is CC1=NN(c2ccc(C(=O)N[C@H](C(N)=O)c3ccccc3)cc2)CC1. The molecule has 0 saturated heterocycles. The normalized spacial score (nSPS) is 14.8. The molecule has 6 heteroatoms. The first-order valence-corrected chi connectivity index (χ1v) is 8.11. The van der Waals surface area contributed by atoms with Gasteiger partial charge in [0.1, 0.15) is 6.04 Å². The Morgan fingerprint density at radius 2 is 1.80 bits per heavy atom. The maximum Gasteiger partial charge on any atom is 0.252 e. The lowest BCUT2D eigenvalue weighted by Gasteiger charge is -2.17. The Morgan fingerprint density at radius 3 is 2.36 bits per heavy atom. The van der Waals surface area contributed by atoms with Gasteiger partial charge in [-0.25, -0.2) is 0 Å². The lowest BCUT2D eigenvalue weighted by atomic mass is 10.1. The molecule has 3 rings (SSSR count). The smallest absolute Gasteiger partial charge is 0.252 e. The summed E-state index contributed by atoms with van der Waals surface area (Å²) in [4.78, 5) is 24.2. The summed E-state index contributed by atoms with van der Waals surface area (Å²) < 4.78 is 0. The van der Waals surface area contributed by atoms with E-state index >= 15 is 0 Å². The number of nitrogens with zero attached hydrogens (tertiary/aromatic N) is 2. The molecule has 1 atom stereocenters. The van der Waals surface area contributed by atoms with Gasteiger partial charge in [0, 0.05) is 24.2 Å². The third-order valence-electron chi connectivity index (χ3n) is 4.10. The van der Waals surface area contributed by atoms with Gasteiger partial charge >= 0.3 is 0 Å². The van der Waals surface area contributed by atoms with Crippen molar-refractivity contribution in [3.63, 3.8) is 0 Å². The zero-order chi connectivity index (χ0) is 17.8. The molecule has 2 amide bonds. The molecule has 2 aromatic carbocycles. The van der Waals surface area contributed by atoms with Crippen LogP contribution in [-0.2, 0) is 4.79 Å². The molecule has 6 nitrogen and oxygen atoms in total. The van der Waals surface area contributed by atoms with Gasteiger partial charge in [-0.05, 0) is 36.8 Å². The fraction of sp³-hybridized carbons (Fsp3) is 0.211. The molecular weight excluding hydrogens is 316 g/mol. The zero-order valence-electron chi connectivity index (χ0n) is 14.0. The molecule has 1 aliphatic rings. The number of hydrogen-bond donors (Lipinski definition) is 2. The number of rotatable bonds is 5. The van der Waals surface area contributed by atoms with Gasteiger partial charge in [-0.1, -0.05) is 30.3 Å². The molecule has 0 bridgehead atoms. The van der Waals surface area contributed by atoms with Crippen molar-refractivity contribution in [3.8, 4) is 0 Å². The second-order valence-electron chi connectivity index (χ2n) is 5.97. The van der Waals surface area contributed by atoms with Crippen LogP contribution in [0.25, 0.3) is 0 Å². The highest BCUT2D eigenvalue weighted by atomic mass is 16.2. The largest absolute Gasteiger partial charge is 0.368 e. The van der Waals surface area contributed by atoms with Crippen LogP contribution in [0.2, 0.25) is 0 Å². The molecule has 128 valence electrons. The fourth-order valence-corrected chi connectivity index (χ4v) is 2.72. The second kappa shape index (κ2) is 7.17. The number of carbonyl (C=O) groups is 2. The lowest BCUT2D eigenvalue weighted by Crippen LogP contribution is -2.37. The number of anilines is 1. The third kappa shape index (κ3) is 3.85. The van der Waals surface area contributed by atoms with E-state index in [2.05, 4.69) is 10.4 Å². The van der Waals surface area contributed by atoms with Crippen LogP contribution in [0.3, 0.4) is 0 Å². The highest BCUT2D eigenvalue weighted by Crippen LogP contribution is 2.20. The third-order valence-corrected chi connectivity index (χ3v) is 4.10. The van der Waals surface area contributed by atoms with Crippen molar-refractivity contribution in [2.24, 2.45) is 10.8 Å². The van der Waals surface area contributed by atoms with Gasteiger partial charge in [0.05, 0.1) is 5.69 Å². The van der Waals surface area contributed by atoms with Crippen molar-refractivity contribution in [2.45, 2.75) is 19.4 Å². The summed E-state index contributed by atoms with van der Waals surface area (Å²) in [7, 11) is 0. The van der Waals surface area contributed by atoms with E-state index in [0.717, 1.165) is 24.4 Å². The minimum Gasteiger partial charge on any atom is -0.368 e. The minimum absolute atomic E-state index is 0.347. The van der Waals surface area contributed by atoms with Crippen molar-refractivity contribution in [3.05, 3.63) is 65.7 Å². The van der Waals surface area contributed by atoms with E-state index in [0.29, 0.717) is 11.1 Å². The van der Waals surface area contributed by atoms with Crippen molar-refractivity contribution < 1.29 is 9.59 Å². The van der Waals surface area contributed by atoms with E-state index in [9.17, 15) is 9.59 Å². The number of amides is 2. The van der Waals surface area contributed by atoms with Crippen LogP contribution < -0.4 is 16.1 Å². The first kappa shape index (κ1) is 16.7. The maximum absolute atomic E-state index is 12.5. The van der Waals surface area contributed by atoms with Crippen LogP contribution >= 0.6 is 0 Å². The maximum atomic E-state index is 12.5. The summed E-state index contributed by atoms with van der Waals surface area (Å²) in [6, 6.07) is 15.2. The molecule has 0 radical (unpaired) electrons. The number of nitrogens with one attached hydrogen (secondary N) is 1. The molecule has 0 saturated carbocycles. The van der Waals surface area contributed by atoms with Gasteiger partial charge in [0.15, 0.2) is 0 Å². The van der Waals surface area contributed by atoms with Gasteiger partial charge in [0.25, 0.3) is 5.91 Å². The highest BCUT2D eigenvalue weighted by molar-refractivity contribution is 5.98. The predicted molar refractivity (Wildman–Crippen MR) is 97.4 cm³/mol. The first-order chi connectivity index (χ1) is 12.0. The number of carbonyl (C=O) groups excluding carboxylic acids is 2. The molecule has 0 aromatic heterocycles. The van der Waals surface area contributed by atoms with Gasteiger partial charge < -0.3 is 11.1 Å². The Hall–Kier alpha value is -3.15. The molecular formula is C19H20N4O2. The van der Waals surface area contributed by atoms with Crippen LogP contribution in [0.5, 0.6) is 0 Å². The molecule has 25 heavy (non-hydrogen) atoms. The van der Waals surface area contributed by atoms with Crippen LogP contribution in [-0.4, -0.2) is 24.1 Å². The van der Waals surface area contributed by atoms with E-state index in [1.165, 1.54) is 0 Å². The molecule has 1 heterocycles. The molecule has 0 unspecified atom stereocenters. The summed E-state index contributed by atoms with van der Waals surface area (Å²) in [6.07, 6.45) is 0.944. The zero-order valence-corrected chi connectivity index (χ0v) is 14.0. The minimum atomic E-state index is -0.862. The number of hydrazone groups is 1. The van der Waals surface area contributed by atoms with Gasteiger partial charge in [0.2, 0.25) is 5.91 Å². The van der Waals surface area contributed by atoms with Gasteiger partial charge in [-0.15, -0.1) is 0 Å². The fourth-order valence-electron chi connectivity index (χ4n) is 2.72. The molecule has 0 fully saturated rings. The van der Waals surface area contributed by atoms with Crippen molar-refractivity contribution >= 4 is 23.2 Å². The first-order valence-electron chi connectivity index (χ1n) is 8.11. The Balaban J connectivity index is 1.73. The van der Waals surface area contributed by atoms with E-state index in [1.807, 2.05) is 30.1 Å². The second-order valence-corrected chi connectivity index (χ2v) is 5.97. The number of nitrogens with two attached hydrogens (primary N) is 1. The monoisotopic (exact) mass is 336 g/mol. The molecule has 1 aliphatic heterocycles. The predicted octanol–water partition coefficient (Wildman–Crippen LogP) is 2.23. The van der Waals surface area contributed by atoms with Crippen LogP contribution in [0, 0.1) is 0 Å². The average Bonchev–Trinajstić information content (AvgIpc) is 3.06. The number of hydrogen-bond acceptors (Lipinski definition) is 4. The van der Waals surface area contributed by atoms with Crippen LogP contribution in [0.1, 0.15) is 35.3 Å². The summed E-state index contributed by atoms with van der Waals surface area (Å²) in [5, 5.41) is 9.03. The molecule has 3 N–H and O–H groups in total. The van der Waals surface area contributed by atoms with Crippen LogP contribution in [0.15, 0.2) is 59.7 Å². The van der Waals surface area contributed by atoms with E-state index in [1.54, 1.807) is 36.4 Å². The van der Waals surface area contributed by atoms with Gasteiger partial charge in [-0.3, -0.25) is 14.6 Å². The summed E-state index contributed by atoms with van der Waals surface area (Å²) in [5.74, 6) is -0.946.